The lowest BCUT2D eigenvalue weighted by atomic mass is 9.83. The Morgan fingerprint density at radius 3 is 2.94 bits per heavy atom. The van der Waals surface area contributed by atoms with Crippen LogP contribution in [-0.2, 0) is 11.2 Å². The van der Waals surface area contributed by atoms with Crippen molar-refractivity contribution in [1.82, 2.24) is 4.98 Å². The van der Waals surface area contributed by atoms with Crippen LogP contribution in [0.2, 0.25) is 0 Å². The van der Waals surface area contributed by atoms with Crippen LogP contribution in [0.3, 0.4) is 0 Å². The van der Waals surface area contributed by atoms with E-state index in [0.717, 1.165) is 18.4 Å². The van der Waals surface area contributed by atoms with Gasteiger partial charge in [0.15, 0.2) is 0 Å². The summed E-state index contributed by atoms with van der Waals surface area (Å²) in [7, 11) is 0. The van der Waals surface area contributed by atoms with E-state index in [2.05, 4.69) is 4.98 Å². The molecule has 0 saturated heterocycles. The van der Waals surface area contributed by atoms with Gasteiger partial charge < -0.3 is 0 Å². The Bertz CT molecular complexity index is 442. The van der Waals surface area contributed by atoms with Crippen LogP contribution in [0, 0.1) is 0 Å². The average molecular weight is 257 g/mol. The summed E-state index contributed by atoms with van der Waals surface area (Å²) in [5, 5.41) is 0. The number of hydrogen-bond acceptors (Lipinski definition) is 2. The zero-order valence-corrected chi connectivity index (χ0v) is 9.83. The van der Waals surface area contributed by atoms with Gasteiger partial charge >= 0.3 is 6.18 Å². The Kier molecular flexibility index (Phi) is 3.68. The lowest BCUT2D eigenvalue weighted by Crippen LogP contribution is -2.21. The molecule has 0 aliphatic heterocycles. The van der Waals surface area contributed by atoms with Gasteiger partial charge in [-0.15, -0.1) is 0 Å². The van der Waals surface area contributed by atoms with Crippen molar-refractivity contribution in [1.29, 1.82) is 0 Å². The molecule has 2 rings (SSSR count). The molecule has 2 nitrogen and oxygen atoms in total. The molecular formula is C13H14F3NO. The minimum atomic E-state index is -4.27. The summed E-state index contributed by atoms with van der Waals surface area (Å²) >= 11 is 0. The molecule has 1 heterocycles. The molecule has 5 heteroatoms. The van der Waals surface area contributed by atoms with Crippen LogP contribution < -0.4 is 0 Å². The Morgan fingerprint density at radius 2 is 2.22 bits per heavy atom. The van der Waals surface area contributed by atoms with Crippen molar-refractivity contribution in [2.45, 2.75) is 44.2 Å². The lowest BCUT2D eigenvalue weighted by molar-refractivity contribution is -0.144. The molecule has 1 aromatic heterocycles. The van der Waals surface area contributed by atoms with Crippen molar-refractivity contribution >= 4 is 5.78 Å². The van der Waals surface area contributed by atoms with Crippen LogP contribution in [0.5, 0.6) is 0 Å². The van der Waals surface area contributed by atoms with Crippen LogP contribution in [0.25, 0.3) is 0 Å². The first kappa shape index (κ1) is 13.1. The van der Waals surface area contributed by atoms with Gasteiger partial charge in [0.25, 0.3) is 0 Å². The van der Waals surface area contributed by atoms with E-state index in [1.807, 2.05) is 6.07 Å². The lowest BCUT2D eigenvalue weighted by Gasteiger charge is -2.23. The van der Waals surface area contributed by atoms with Crippen LogP contribution in [0.1, 0.15) is 42.9 Å². The molecule has 1 unspecified atom stereocenters. The second-order valence-corrected chi connectivity index (χ2v) is 4.57. The number of fused-ring (bicyclic) bond motifs is 1. The topological polar surface area (TPSA) is 30.0 Å². The SMILES string of the molecule is O=C(CCC(F)(F)F)C1CCCc2cccnc21. The number of aryl methyl sites for hydroxylation is 1. The summed E-state index contributed by atoms with van der Waals surface area (Å²) in [6, 6.07) is 3.69. The molecule has 0 spiro atoms. The predicted octanol–water partition coefficient (Wildman–Crippen LogP) is 3.41. The maximum atomic E-state index is 12.1. The highest BCUT2D eigenvalue weighted by Gasteiger charge is 2.32. The van der Waals surface area contributed by atoms with E-state index in [9.17, 15) is 18.0 Å². The molecule has 1 aromatic rings. The Balaban J connectivity index is 2.08. The van der Waals surface area contributed by atoms with Crippen molar-refractivity contribution in [2.24, 2.45) is 0 Å². The molecule has 1 aliphatic rings. The second kappa shape index (κ2) is 5.08. The maximum Gasteiger partial charge on any atom is 0.389 e. The fourth-order valence-corrected chi connectivity index (χ4v) is 2.36. The Hall–Kier alpha value is -1.39. The number of nitrogens with zero attached hydrogens (tertiary/aromatic N) is 1. The third kappa shape index (κ3) is 3.09. The standard InChI is InChI=1S/C13H14F3NO/c14-13(15,16)7-6-11(18)10-5-1-3-9-4-2-8-17-12(9)10/h2,4,8,10H,1,3,5-7H2. The van der Waals surface area contributed by atoms with Crippen LogP contribution in [0.4, 0.5) is 13.2 Å². The number of rotatable bonds is 3. The van der Waals surface area contributed by atoms with Crippen molar-refractivity contribution in [2.75, 3.05) is 0 Å². The maximum absolute atomic E-state index is 12.1. The minimum Gasteiger partial charge on any atom is -0.299 e. The fraction of sp³-hybridized carbons (Fsp3) is 0.538. The smallest absolute Gasteiger partial charge is 0.299 e. The molecule has 18 heavy (non-hydrogen) atoms. The number of carbonyl (C=O) groups is 1. The summed E-state index contributed by atoms with van der Waals surface area (Å²) in [6.45, 7) is 0. The van der Waals surface area contributed by atoms with Crippen molar-refractivity contribution in [3.05, 3.63) is 29.6 Å². The van der Waals surface area contributed by atoms with E-state index >= 15 is 0 Å². The molecular weight excluding hydrogens is 243 g/mol. The van der Waals surface area contributed by atoms with E-state index < -0.39 is 24.9 Å². The third-order valence-corrected chi connectivity index (χ3v) is 3.24. The van der Waals surface area contributed by atoms with Gasteiger partial charge in [-0.1, -0.05) is 6.07 Å². The van der Waals surface area contributed by atoms with Gasteiger partial charge in [0, 0.05) is 12.6 Å². The van der Waals surface area contributed by atoms with Crippen LogP contribution in [0.15, 0.2) is 18.3 Å². The summed E-state index contributed by atoms with van der Waals surface area (Å²) in [5.74, 6) is -0.788. The van der Waals surface area contributed by atoms with Crippen LogP contribution in [-0.4, -0.2) is 16.9 Å². The molecule has 1 aliphatic carbocycles. The average Bonchev–Trinajstić information content (AvgIpc) is 2.34. The number of carbonyl (C=O) groups excluding carboxylic acids is 1. The van der Waals surface area contributed by atoms with Gasteiger partial charge in [0.05, 0.1) is 18.0 Å². The predicted molar refractivity (Wildman–Crippen MR) is 60.2 cm³/mol. The van der Waals surface area contributed by atoms with Crippen molar-refractivity contribution < 1.29 is 18.0 Å². The third-order valence-electron chi connectivity index (χ3n) is 3.24. The summed E-state index contributed by atoms with van der Waals surface area (Å²) in [6.07, 6.45) is -1.85. The highest BCUT2D eigenvalue weighted by atomic mass is 19.4. The molecule has 0 fully saturated rings. The van der Waals surface area contributed by atoms with E-state index in [4.69, 9.17) is 0 Å². The minimum absolute atomic E-state index is 0.341. The van der Waals surface area contributed by atoms with E-state index in [0.29, 0.717) is 12.1 Å². The van der Waals surface area contributed by atoms with Gasteiger partial charge in [-0.05, 0) is 30.9 Å². The van der Waals surface area contributed by atoms with E-state index in [1.165, 1.54) is 0 Å². The van der Waals surface area contributed by atoms with Gasteiger partial charge in [-0.25, -0.2) is 0 Å². The number of ketones is 1. The monoisotopic (exact) mass is 257 g/mol. The number of Topliss-reactive ketones (excluding diaryl/α,β-unsaturated/α-hetero) is 1. The number of pyridine rings is 1. The van der Waals surface area contributed by atoms with Gasteiger partial charge in [-0.2, -0.15) is 13.2 Å². The summed E-state index contributed by atoms with van der Waals surface area (Å²) in [4.78, 5) is 16.0. The van der Waals surface area contributed by atoms with Crippen molar-refractivity contribution in [3.8, 4) is 0 Å². The zero-order valence-electron chi connectivity index (χ0n) is 9.83. The first-order chi connectivity index (χ1) is 8.47. The summed E-state index contributed by atoms with van der Waals surface area (Å²) in [5.41, 5.74) is 1.67. The first-order valence-corrected chi connectivity index (χ1v) is 6.00. The zero-order chi connectivity index (χ0) is 13.2. The van der Waals surface area contributed by atoms with Gasteiger partial charge in [0.1, 0.15) is 5.78 Å². The molecule has 0 N–H and O–H groups in total. The van der Waals surface area contributed by atoms with Gasteiger partial charge in [0.2, 0.25) is 0 Å². The number of alkyl halides is 3. The quantitative estimate of drug-likeness (QED) is 0.830. The van der Waals surface area contributed by atoms with Gasteiger partial charge in [-0.3, -0.25) is 9.78 Å². The highest BCUT2D eigenvalue weighted by molar-refractivity contribution is 5.85. The molecule has 98 valence electrons. The Morgan fingerprint density at radius 1 is 1.44 bits per heavy atom. The number of hydrogen-bond donors (Lipinski definition) is 0. The largest absolute Gasteiger partial charge is 0.389 e. The normalized spacial score (nSPS) is 19.4. The molecule has 0 aromatic carbocycles. The van der Waals surface area contributed by atoms with Crippen LogP contribution >= 0.6 is 0 Å². The second-order valence-electron chi connectivity index (χ2n) is 4.57. The highest BCUT2D eigenvalue weighted by Crippen LogP contribution is 2.32. The van der Waals surface area contributed by atoms with Crippen molar-refractivity contribution in [3.63, 3.8) is 0 Å². The first-order valence-electron chi connectivity index (χ1n) is 6.00. The van der Waals surface area contributed by atoms with E-state index in [1.54, 1.807) is 12.3 Å². The molecule has 0 saturated carbocycles. The number of halogens is 3. The molecule has 0 radical (unpaired) electrons. The molecule has 0 amide bonds. The Labute approximate surface area is 103 Å². The van der Waals surface area contributed by atoms with E-state index in [-0.39, 0.29) is 5.78 Å². The molecule has 1 atom stereocenters. The fourth-order valence-electron chi connectivity index (χ4n) is 2.36. The molecule has 0 bridgehead atoms. The number of aromatic nitrogens is 1. The summed E-state index contributed by atoms with van der Waals surface area (Å²) < 4.78 is 36.3.